The Kier molecular flexibility index (Phi) is 15.8. The van der Waals surface area contributed by atoms with Crippen LogP contribution in [0, 0.1) is 0 Å². The fourth-order valence-electron chi connectivity index (χ4n) is 2.91. The molecule has 0 radical (unpaired) electrons. The van der Waals surface area contributed by atoms with E-state index in [1.165, 1.54) is 0 Å². The molecule has 0 aliphatic carbocycles. The molecule has 0 unspecified atom stereocenters. The third-order valence-corrected chi connectivity index (χ3v) is 9.59. The Labute approximate surface area is 181 Å². The lowest BCUT2D eigenvalue weighted by Crippen LogP contribution is -2.45. The minimum atomic E-state index is -2.30. The molecular weight excluding hydrogens is 384 g/mol. The van der Waals surface area contributed by atoms with E-state index >= 15 is 0 Å². The van der Waals surface area contributed by atoms with Gasteiger partial charge in [0.15, 0.2) is 8.32 Å². The van der Waals surface area contributed by atoms with Crippen molar-refractivity contribution in [2.24, 2.45) is 0 Å². The van der Waals surface area contributed by atoms with Crippen LogP contribution >= 0.6 is 0 Å². The lowest BCUT2D eigenvalue weighted by atomic mass is 9.97. The zero-order chi connectivity index (χ0) is 22.3. The summed E-state index contributed by atoms with van der Waals surface area (Å²) in [5.74, 6) is 0. The molecule has 3 atom stereocenters. The maximum Gasteiger partial charge on any atom is 0.188 e. The smallest absolute Gasteiger partial charge is 0.188 e. The van der Waals surface area contributed by atoms with Gasteiger partial charge in [0.2, 0.25) is 0 Å². The van der Waals surface area contributed by atoms with E-state index in [4.69, 9.17) is 14.2 Å². The average Bonchev–Trinajstić information content (AvgIpc) is 2.64. The molecule has 5 nitrogen and oxygen atoms in total. The normalized spacial score (nSPS) is 16.0. The number of aliphatic hydroxyl groups is 1. The summed E-state index contributed by atoms with van der Waals surface area (Å²) in [5, 5.41) is 10.7. The molecule has 0 aromatic rings. The van der Waals surface area contributed by atoms with Crippen molar-refractivity contribution in [1.82, 2.24) is 0 Å². The molecule has 0 saturated carbocycles. The van der Waals surface area contributed by atoms with Crippen LogP contribution in [-0.4, -0.2) is 63.0 Å². The Morgan fingerprint density at radius 3 is 1.90 bits per heavy atom. The number of rotatable bonds is 19. The highest BCUT2D eigenvalue weighted by molar-refractivity contribution is 6.72. The summed E-state index contributed by atoms with van der Waals surface area (Å²) >= 11 is 0. The van der Waals surface area contributed by atoms with Crippen LogP contribution in [0.25, 0.3) is 0 Å². The lowest BCUT2D eigenvalue weighted by Gasteiger charge is -2.38. The molecule has 176 valence electrons. The van der Waals surface area contributed by atoms with Gasteiger partial charge in [-0.2, -0.15) is 0 Å². The maximum atomic E-state index is 10.9. The monoisotopic (exact) mass is 434 g/mol. The van der Waals surface area contributed by atoms with Gasteiger partial charge in [0.1, 0.15) is 12.2 Å². The lowest BCUT2D eigenvalue weighted by molar-refractivity contribution is -0.141. The first kappa shape index (κ1) is 29.0. The van der Waals surface area contributed by atoms with Crippen molar-refractivity contribution in [1.29, 1.82) is 0 Å². The molecule has 0 heterocycles. The van der Waals surface area contributed by atoms with Gasteiger partial charge in [-0.3, -0.25) is 0 Å². The molecule has 0 aromatic heterocycles. The number of ether oxygens (including phenoxy) is 3. The summed E-state index contributed by atoms with van der Waals surface area (Å²) < 4.78 is 18.0. The number of aliphatic hydroxyl groups excluding tert-OH is 1. The highest BCUT2D eigenvalue weighted by Crippen LogP contribution is 2.40. The van der Waals surface area contributed by atoms with Gasteiger partial charge in [0.05, 0.1) is 12.7 Å². The summed E-state index contributed by atoms with van der Waals surface area (Å²) in [6.07, 6.45) is 6.44. The largest absolute Gasteiger partial charge is 0.432 e. The summed E-state index contributed by atoms with van der Waals surface area (Å²) in [7, 11) is -2.30. The molecule has 0 saturated heterocycles. The fourth-order valence-corrected chi connectivity index (χ4v) is 3.66. The van der Waals surface area contributed by atoms with Crippen LogP contribution in [0.3, 0.4) is 0 Å². The van der Waals surface area contributed by atoms with Crippen LogP contribution in [0.4, 0.5) is 0 Å². The van der Waals surface area contributed by atoms with Crippen molar-refractivity contribution in [3.05, 3.63) is 0 Å². The molecule has 0 aliphatic rings. The Bertz CT molecular complexity index is 384. The average molecular weight is 435 g/mol. The van der Waals surface area contributed by atoms with Crippen molar-refractivity contribution in [3.8, 4) is 0 Å². The first-order valence-corrected chi connectivity index (χ1v) is 14.8. The van der Waals surface area contributed by atoms with Crippen LogP contribution in [0.2, 0.25) is 18.1 Å². The molecule has 0 aliphatic heterocycles. The van der Waals surface area contributed by atoms with Crippen LogP contribution < -0.4 is 0 Å². The molecule has 0 rings (SSSR count). The van der Waals surface area contributed by atoms with E-state index in [1.54, 1.807) is 0 Å². The Hall–Kier alpha value is 0.0169. The fraction of sp³-hybridized carbons (Fsp3) is 1.00. The zero-order valence-electron chi connectivity index (χ0n) is 20.3. The van der Waals surface area contributed by atoms with Gasteiger partial charge >= 0.3 is 0 Å². The van der Waals surface area contributed by atoms with E-state index < -0.39 is 20.5 Å². The molecule has 0 amide bonds. The first-order valence-electron chi connectivity index (χ1n) is 11.8. The molecule has 0 aromatic carbocycles. The van der Waals surface area contributed by atoms with E-state index in [0.717, 1.165) is 51.4 Å². The van der Waals surface area contributed by atoms with Gasteiger partial charge in [-0.15, -0.1) is 0 Å². The Morgan fingerprint density at radius 1 is 0.862 bits per heavy atom. The highest BCUT2D eigenvalue weighted by Gasteiger charge is 2.39. The quantitative estimate of drug-likeness (QED) is 0.213. The first-order chi connectivity index (χ1) is 13.6. The van der Waals surface area contributed by atoms with E-state index in [2.05, 4.69) is 34.6 Å². The van der Waals surface area contributed by atoms with Crippen LogP contribution in [-0.2, 0) is 14.2 Å². The second kappa shape index (κ2) is 15.8. The van der Waals surface area contributed by atoms with Gasteiger partial charge in [0.25, 0.3) is 0 Å². The van der Waals surface area contributed by atoms with Gasteiger partial charge in [0, 0.05) is 19.8 Å². The Morgan fingerprint density at radius 2 is 1.38 bits per heavy atom. The molecule has 0 spiro atoms. The number of unbranched alkanes of at least 4 members (excludes halogenated alkanes) is 3. The highest BCUT2D eigenvalue weighted by atomic mass is 28.4. The summed E-state index contributed by atoms with van der Waals surface area (Å²) in [6, 6.07) is 0. The van der Waals surface area contributed by atoms with Gasteiger partial charge in [-0.25, -0.2) is 0 Å². The van der Waals surface area contributed by atoms with Gasteiger partial charge < -0.3 is 24.1 Å². The van der Waals surface area contributed by atoms with Crippen LogP contribution in [0.1, 0.15) is 86.0 Å². The second-order valence-corrected chi connectivity index (χ2v) is 13.9. The van der Waals surface area contributed by atoms with Crippen LogP contribution in [0.15, 0.2) is 0 Å². The molecule has 6 heteroatoms. The number of hydrogen-bond acceptors (Lipinski definition) is 5. The summed E-state index contributed by atoms with van der Waals surface area (Å²) in [6.45, 7) is 16.9. The molecule has 29 heavy (non-hydrogen) atoms. The minimum Gasteiger partial charge on any atom is -0.432 e. The predicted octanol–water partition coefficient (Wildman–Crippen LogP) is 5.29. The topological polar surface area (TPSA) is 68.2 Å². The minimum absolute atomic E-state index is 0.129. The Balaban J connectivity index is 5.18. The molecular formula is C23H50O5Si. The molecule has 0 fully saturated rings. The van der Waals surface area contributed by atoms with Crippen LogP contribution in [0.5, 0.6) is 0 Å². The van der Waals surface area contributed by atoms with Crippen molar-refractivity contribution in [2.75, 3.05) is 26.4 Å². The van der Waals surface area contributed by atoms with Crippen molar-refractivity contribution < 1.29 is 24.1 Å². The van der Waals surface area contributed by atoms with Crippen molar-refractivity contribution in [3.63, 3.8) is 0 Å². The summed E-state index contributed by atoms with van der Waals surface area (Å²) in [4.78, 5) is 10.7. The van der Waals surface area contributed by atoms with E-state index in [0.29, 0.717) is 19.8 Å². The third-order valence-electron chi connectivity index (χ3n) is 6.02. The van der Waals surface area contributed by atoms with Gasteiger partial charge in [-0.05, 0) is 50.2 Å². The SMILES string of the molecule is CCCCOC[C@@H](O)[C@H](OCCCC)[C@@H](CCC(C)(C)[Si](C)(C)O)OCCCC. The molecule has 2 N–H and O–H groups in total. The maximum absolute atomic E-state index is 10.9. The van der Waals surface area contributed by atoms with Crippen molar-refractivity contribution in [2.45, 2.75) is 122 Å². The van der Waals surface area contributed by atoms with E-state index in [9.17, 15) is 9.90 Å². The van der Waals surface area contributed by atoms with Crippen molar-refractivity contribution >= 4 is 8.32 Å². The second-order valence-electron chi connectivity index (χ2n) is 9.43. The van der Waals surface area contributed by atoms with Gasteiger partial charge in [-0.1, -0.05) is 53.9 Å². The summed E-state index contributed by atoms with van der Waals surface area (Å²) in [5.41, 5.74) is 0. The zero-order valence-corrected chi connectivity index (χ0v) is 21.3. The predicted molar refractivity (Wildman–Crippen MR) is 124 cm³/mol. The third kappa shape index (κ3) is 12.5. The molecule has 0 bridgehead atoms. The van der Waals surface area contributed by atoms with E-state index in [1.807, 2.05) is 13.1 Å². The standard InChI is InChI=1S/C23H50O5Si/c1-8-11-16-26-19-20(24)22(28-18-13-10-3)21(27-17-12-9-2)14-15-23(4,5)29(6,7)25/h20-22,24-25H,8-19H2,1-7H3/t20-,21-,22+/m1/s1. The van der Waals surface area contributed by atoms with E-state index in [-0.39, 0.29) is 17.7 Å². The number of hydrogen-bond donors (Lipinski definition) is 2.